The Morgan fingerprint density at radius 3 is 2.32 bits per heavy atom. The Bertz CT molecular complexity index is 540. The second-order valence-electron chi connectivity index (χ2n) is 5.68. The van der Waals surface area contributed by atoms with Crippen LogP contribution in [0, 0.1) is 11.7 Å². The lowest BCUT2D eigenvalue weighted by atomic mass is 9.90. The predicted molar refractivity (Wildman–Crippen MR) is 81.8 cm³/mol. The zero-order valence-electron chi connectivity index (χ0n) is 13.3. The number of piperidine rings is 1. The van der Waals surface area contributed by atoms with Gasteiger partial charge in [-0.3, -0.25) is 4.79 Å². The van der Waals surface area contributed by atoms with Crippen LogP contribution in [0.3, 0.4) is 0 Å². The molecule has 0 aliphatic carbocycles. The van der Waals surface area contributed by atoms with Gasteiger partial charge in [-0.05, 0) is 31.7 Å². The molecule has 5 nitrogen and oxygen atoms in total. The van der Waals surface area contributed by atoms with Crippen LogP contribution in [0.5, 0.6) is 11.5 Å². The van der Waals surface area contributed by atoms with Gasteiger partial charge in [0.05, 0.1) is 19.8 Å². The van der Waals surface area contributed by atoms with Gasteiger partial charge in [0, 0.05) is 25.2 Å². The van der Waals surface area contributed by atoms with Crippen LogP contribution >= 0.6 is 0 Å². The lowest BCUT2D eigenvalue weighted by molar-refractivity contribution is 0.0675. The van der Waals surface area contributed by atoms with Crippen LogP contribution in [0.25, 0.3) is 0 Å². The molecule has 1 unspecified atom stereocenters. The van der Waals surface area contributed by atoms with Gasteiger partial charge in [-0.2, -0.15) is 0 Å². The fraction of sp³-hybridized carbons (Fsp3) is 0.562. The Labute approximate surface area is 130 Å². The number of hydrogen-bond donors (Lipinski definition) is 1. The Kier molecular flexibility index (Phi) is 5.24. The van der Waals surface area contributed by atoms with Gasteiger partial charge >= 0.3 is 0 Å². The topological polar surface area (TPSA) is 64.8 Å². The van der Waals surface area contributed by atoms with Crippen LogP contribution < -0.4 is 15.2 Å². The number of amides is 1. The molecular weight excluding hydrogens is 287 g/mol. The van der Waals surface area contributed by atoms with Crippen molar-refractivity contribution in [3.8, 4) is 11.5 Å². The van der Waals surface area contributed by atoms with Crippen molar-refractivity contribution in [3.63, 3.8) is 0 Å². The van der Waals surface area contributed by atoms with E-state index in [1.807, 2.05) is 6.92 Å². The summed E-state index contributed by atoms with van der Waals surface area (Å²) in [7, 11) is 2.88. The molecule has 1 aromatic carbocycles. The van der Waals surface area contributed by atoms with Crippen molar-refractivity contribution >= 4 is 5.91 Å². The van der Waals surface area contributed by atoms with Gasteiger partial charge in [0.25, 0.3) is 5.91 Å². The Balaban J connectivity index is 2.16. The molecule has 0 bridgehead atoms. The van der Waals surface area contributed by atoms with Crippen LogP contribution in [-0.4, -0.2) is 44.2 Å². The third kappa shape index (κ3) is 3.32. The van der Waals surface area contributed by atoms with E-state index in [-0.39, 0.29) is 23.3 Å². The molecule has 0 spiro atoms. The zero-order valence-corrected chi connectivity index (χ0v) is 13.3. The van der Waals surface area contributed by atoms with E-state index < -0.39 is 5.82 Å². The highest BCUT2D eigenvalue weighted by atomic mass is 19.1. The molecule has 1 aliphatic heterocycles. The van der Waals surface area contributed by atoms with E-state index in [0.717, 1.165) is 12.8 Å². The minimum absolute atomic E-state index is 0.0110. The van der Waals surface area contributed by atoms with Crippen LogP contribution in [-0.2, 0) is 0 Å². The van der Waals surface area contributed by atoms with E-state index >= 15 is 0 Å². The van der Waals surface area contributed by atoms with Crippen molar-refractivity contribution in [3.05, 3.63) is 23.5 Å². The maximum Gasteiger partial charge on any atom is 0.256 e. The van der Waals surface area contributed by atoms with E-state index in [1.54, 1.807) is 4.90 Å². The Morgan fingerprint density at radius 1 is 1.27 bits per heavy atom. The number of nitrogens with two attached hydrogens (primary N) is 1. The summed E-state index contributed by atoms with van der Waals surface area (Å²) in [6.07, 6.45) is 1.69. The monoisotopic (exact) mass is 310 g/mol. The van der Waals surface area contributed by atoms with Crippen molar-refractivity contribution in [2.75, 3.05) is 27.3 Å². The number of methoxy groups -OCH3 is 2. The van der Waals surface area contributed by atoms with E-state index in [2.05, 4.69) is 0 Å². The number of benzene rings is 1. The number of hydrogen-bond acceptors (Lipinski definition) is 4. The second-order valence-corrected chi connectivity index (χ2v) is 5.68. The smallest absolute Gasteiger partial charge is 0.256 e. The number of likely N-dealkylation sites (tertiary alicyclic amines) is 1. The van der Waals surface area contributed by atoms with E-state index in [0.29, 0.717) is 24.8 Å². The van der Waals surface area contributed by atoms with Gasteiger partial charge < -0.3 is 20.1 Å². The fourth-order valence-corrected chi connectivity index (χ4v) is 2.82. The van der Waals surface area contributed by atoms with Gasteiger partial charge in [-0.1, -0.05) is 0 Å². The van der Waals surface area contributed by atoms with Crippen LogP contribution in [0.15, 0.2) is 12.1 Å². The quantitative estimate of drug-likeness (QED) is 0.924. The summed E-state index contributed by atoms with van der Waals surface area (Å²) >= 11 is 0. The molecular formula is C16H23FN2O3. The van der Waals surface area contributed by atoms with Crippen molar-refractivity contribution in [1.29, 1.82) is 0 Å². The molecule has 1 fully saturated rings. The summed E-state index contributed by atoms with van der Waals surface area (Å²) in [5.74, 6) is 0.114. The maximum atomic E-state index is 14.2. The number of nitrogens with zero attached hydrogens (tertiary/aromatic N) is 1. The molecule has 2 rings (SSSR count). The van der Waals surface area contributed by atoms with Crippen LogP contribution in [0.1, 0.15) is 30.1 Å². The molecule has 1 atom stereocenters. The SMILES string of the molecule is COc1cc(F)c(C(=O)N2CCC(C(C)N)CC2)cc1OC. The van der Waals surface area contributed by atoms with Crippen molar-refractivity contribution in [2.45, 2.75) is 25.8 Å². The molecule has 0 radical (unpaired) electrons. The molecule has 0 saturated carbocycles. The van der Waals surface area contributed by atoms with E-state index in [9.17, 15) is 9.18 Å². The molecule has 1 aliphatic rings. The summed E-state index contributed by atoms with van der Waals surface area (Å²) in [6.45, 7) is 3.17. The predicted octanol–water partition coefficient (Wildman–Crippen LogP) is 2.04. The van der Waals surface area contributed by atoms with E-state index in [4.69, 9.17) is 15.2 Å². The van der Waals surface area contributed by atoms with Crippen LogP contribution in [0.2, 0.25) is 0 Å². The minimum Gasteiger partial charge on any atom is -0.493 e. The number of carbonyl (C=O) groups is 1. The van der Waals surface area contributed by atoms with Gasteiger partial charge in [0.15, 0.2) is 11.5 Å². The number of rotatable bonds is 4. The number of halogens is 1. The summed E-state index contributed by atoms with van der Waals surface area (Å²) < 4.78 is 24.3. The fourth-order valence-electron chi connectivity index (χ4n) is 2.82. The van der Waals surface area contributed by atoms with Gasteiger partial charge in [-0.25, -0.2) is 4.39 Å². The van der Waals surface area contributed by atoms with Crippen molar-refractivity contribution < 1.29 is 18.7 Å². The first-order valence-corrected chi connectivity index (χ1v) is 7.44. The number of carbonyl (C=O) groups excluding carboxylic acids is 1. The maximum absolute atomic E-state index is 14.2. The van der Waals surface area contributed by atoms with E-state index in [1.165, 1.54) is 26.4 Å². The molecule has 1 amide bonds. The molecule has 22 heavy (non-hydrogen) atoms. The highest BCUT2D eigenvalue weighted by Crippen LogP contribution is 2.31. The first-order chi connectivity index (χ1) is 10.5. The molecule has 1 heterocycles. The molecule has 1 saturated heterocycles. The first kappa shape index (κ1) is 16.5. The minimum atomic E-state index is -0.600. The van der Waals surface area contributed by atoms with Crippen molar-refractivity contribution in [2.24, 2.45) is 11.7 Å². The summed E-state index contributed by atoms with van der Waals surface area (Å²) in [6, 6.07) is 2.70. The Hall–Kier alpha value is -1.82. The standard InChI is InChI=1S/C16H23FN2O3/c1-10(18)11-4-6-19(7-5-11)16(20)12-8-14(21-2)15(22-3)9-13(12)17/h8-11H,4-7,18H2,1-3H3. The molecule has 0 aromatic heterocycles. The number of ether oxygens (including phenoxy) is 2. The van der Waals surface area contributed by atoms with Gasteiger partial charge in [-0.15, -0.1) is 0 Å². The Morgan fingerprint density at radius 2 is 1.82 bits per heavy atom. The summed E-state index contributed by atoms with van der Waals surface area (Å²) in [5, 5.41) is 0. The largest absolute Gasteiger partial charge is 0.493 e. The average Bonchev–Trinajstić information content (AvgIpc) is 2.53. The third-order valence-electron chi connectivity index (χ3n) is 4.27. The highest BCUT2D eigenvalue weighted by molar-refractivity contribution is 5.95. The summed E-state index contributed by atoms with van der Waals surface area (Å²) in [4.78, 5) is 14.2. The van der Waals surface area contributed by atoms with Crippen LogP contribution in [0.4, 0.5) is 4.39 Å². The summed E-state index contributed by atoms with van der Waals surface area (Å²) in [5.41, 5.74) is 5.91. The van der Waals surface area contributed by atoms with Crippen molar-refractivity contribution in [1.82, 2.24) is 4.90 Å². The molecule has 6 heteroatoms. The average molecular weight is 310 g/mol. The molecule has 1 aromatic rings. The lowest BCUT2D eigenvalue weighted by Gasteiger charge is -2.33. The molecule has 122 valence electrons. The lowest BCUT2D eigenvalue weighted by Crippen LogP contribution is -2.42. The first-order valence-electron chi connectivity index (χ1n) is 7.44. The second kappa shape index (κ2) is 6.96. The van der Waals surface area contributed by atoms with Gasteiger partial charge in [0.2, 0.25) is 0 Å². The third-order valence-corrected chi connectivity index (χ3v) is 4.27. The normalized spacial score (nSPS) is 17.2. The zero-order chi connectivity index (χ0) is 16.3. The molecule has 2 N–H and O–H groups in total. The highest BCUT2D eigenvalue weighted by Gasteiger charge is 2.27. The van der Waals surface area contributed by atoms with Gasteiger partial charge in [0.1, 0.15) is 5.82 Å².